The largest absolute Gasteiger partial charge is 0.354 e. The number of anilines is 2. The van der Waals surface area contributed by atoms with Gasteiger partial charge in [0, 0.05) is 14.3 Å². The van der Waals surface area contributed by atoms with E-state index in [0.29, 0.717) is 0 Å². The van der Waals surface area contributed by atoms with Crippen molar-refractivity contribution in [2.45, 2.75) is 9.79 Å². The number of hydrogen-bond acceptors (Lipinski definition) is 2. The Kier molecular flexibility index (Phi) is 2.22. The average Bonchev–Trinajstić information content (AvgIpc) is 2.26. The highest BCUT2D eigenvalue weighted by Crippen LogP contribution is 2.44. The molecule has 0 aromatic heterocycles. The molecule has 15 heavy (non-hydrogen) atoms. The molecule has 0 spiro atoms. The fraction of sp³-hybridized carbons (Fsp3) is 0. The molecule has 0 atom stereocenters. The molecule has 3 rings (SSSR count). The molecule has 1 aliphatic heterocycles. The standard InChI is InChI=1S/C12H8BrNS/c13-8-5-6-12-10(7-8)14-9-3-1-2-4-11(9)15-12/h1-7,14H. The molecule has 3 heteroatoms. The smallest absolute Gasteiger partial charge is 0.0537 e. The fourth-order valence-corrected chi connectivity index (χ4v) is 2.94. The second-order valence-corrected chi connectivity index (χ2v) is 5.36. The maximum Gasteiger partial charge on any atom is 0.0537 e. The molecule has 0 bridgehead atoms. The van der Waals surface area contributed by atoms with Crippen LogP contribution in [0, 0.1) is 0 Å². The lowest BCUT2D eigenvalue weighted by Crippen LogP contribution is -1.98. The number of hydrogen-bond donors (Lipinski definition) is 1. The Morgan fingerprint density at radius 3 is 2.67 bits per heavy atom. The van der Waals surface area contributed by atoms with Gasteiger partial charge >= 0.3 is 0 Å². The molecule has 1 heterocycles. The summed E-state index contributed by atoms with van der Waals surface area (Å²) in [6.45, 7) is 0. The van der Waals surface area contributed by atoms with Crippen molar-refractivity contribution < 1.29 is 0 Å². The molecule has 2 aromatic rings. The van der Waals surface area contributed by atoms with Gasteiger partial charge in [0.1, 0.15) is 0 Å². The van der Waals surface area contributed by atoms with Crippen molar-refractivity contribution in [3.05, 3.63) is 46.9 Å². The normalized spacial score (nSPS) is 12.6. The molecule has 0 saturated carbocycles. The zero-order valence-corrected chi connectivity index (χ0v) is 10.2. The third kappa shape index (κ3) is 1.66. The molecule has 1 aliphatic rings. The Morgan fingerprint density at radius 2 is 1.73 bits per heavy atom. The molecule has 0 amide bonds. The van der Waals surface area contributed by atoms with Crippen molar-refractivity contribution in [3.63, 3.8) is 0 Å². The molecule has 74 valence electrons. The van der Waals surface area contributed by atoms with Gasteiger partial charge in [-0.05, 0) is 30.3 Å². The monoisotopic (exact) mass is 277 g/mol. The SMILES string of the molecule is Brc1ccc2c(c1)Nc1ccccc1S2. The summed E-state index contributed by atoms with van der Waals surface area (Å²) in [6.07, 6.45) is 0. The van der Waals surface area contributed by atoms with Gasteiger partial charge in [0.15, 0.2) is 0 Å². The van der Waals surface area contributed by atoms with Crippen molar-refractivity contribution in [2.75, 3.05) is 5.32 Å². The summed E-state index contributed by atoms with van der Waals surface area (Å²) in [6, 6.07) is 14.7. The number of halogens is 1. The van der Waals surface area contributed by atoms with Crippen LogP contribution in [0.4, 0.5) is 11.4 Å². The van der Waals surface area contributed by atoms with E-state index in [4.69, 9.17) is 0 Å². The Hall–Kier alpha value is -0.930. The predicted molar refractivity (Wildman–Crippen MR) is 68.0 cm³/mol. The summed E-state index contributed by atoms with van der Waals surface area (Å²) in [4.78, 5) is 2.56. The lowest BCUT2D eigenvalue weighted by Gasteiger charge is -2.20. The van der Waals surface area contributed by atoms with Crippen LogP contribution >= 0.6 is 27.7 Å². The summed E-state index contributed by atoms with van der Waals surface area (Å²) in [7, 11) is 0. The molecule has 1 nitrogen and oxygen atoms in total. The second-order valence-electron chi connectivity index (χ2n) is 3.36. The summed E-state index contributed by atoms with van der Waals surface area (Å²) in [5.74, 6) is 0. The molecule has 0 fully saturated rings. The van der Waals surface area contributed by atoms with Gasteiger partial charge in [0.05, 0.1) is 11.4 Å². The van der Waals surface area contributed by atoms with Gasteiger partial charge in [0.25, 0.3) is 0 Å². The molecular weight excluding hydrogens is 270 g/mol. The van der Waals surface area contributed by atoms with E-state index < -0.39 is 0 Å². The maximum atomic E-state index is 3.48. The fourth-order valence-electron chi connectivity index (χ4n) is 1.61. The Labute approximate surface area is 101 Å². The van der Waals surface area contributed by atoms with E-state index in [0.717, 1.165) is 4.47 Å². The quantitative estimate of drug-likeness (QED) is 0.642. The van der Waals surface area contributed by atoms with Crippen LogP contribution in [0.25, 0.3) is 0 Å². The highest BCUT2D eigenvalue weighted by Gasteiger charge is 2.14. The van der Waals surface area contributed by atoms with E-state index in [1.54, 1.807) is 0 Å². The van der Waals surface area contributed by atoms with Crippen molar-refractivity contribution >= 4 is 39.1 Å². The van der Waals surface area contributed by atoms with Crippen LogP contribution in [-0.2, 0) is 0 Å². The third-order valence-corrected chi connectivity index (χ3v) is 3.96. The van der Waals surface area contributed by atoms with E-state index in [2.05, 4.69) is 63.7 Å². The lowest BCUT2D eigenvalue weighted by molar-refractivity contribution is 1.31. The van der Waals surface area contributed by atoms with Crippen molar-refractivity contribution in [2.24, 2.45) is 0 Å². The van der Waals surface area contributed by atoms with Crippen LogP contribution < -0.4 is 5.32 Å². The topological polar surface area (TPSA) is 12.0 Å². The van der Waals surface area contributed by atoms with Crippen molar-refractivity contribution in [1.82, 2.24) is 0 Å². The van der Waals surface area contributed by atoms with Crippen LogP contribution in [-0.4, -0.2) is 0 Å². The van der Waals surface area contributed by atoms with E-state index >= 15 is 0 Å². The minimum atomic E-state index is 1.11. The van der Waals surface area contributed by atoms with Crippen LogP contribution in [0.2, 0.25) is 0 Å². The minimum absolute atomic E-state index is 1.11. The first kappa shape index (κ1) is 9.31. The minimum Gasteiger partial charge on any atom is -0.354 e. The Bertz CT molecular complexity index is 525. The van der Waals surface area contributed by atoms with E-state index in [9.17, 15) is 0 Å². The summed E-state index contributed by atoms with van der Waals surface area (Å²) in [5, 5.41) is 3.43. The third-order valence-electron chi connectivity index (χ3n) is 2.32. The molecule has 0 aliphatic carbocycles. The average molecular weight is 278 g/mol. The zero-order chi connectivity index (χ0) is 10.3. The van der Waals surface area contributed by atoms with Crippen LogP contribution in [0.3, 0.4) is 0 Å². The predicted octanol–water partition coefficient (Wildman–Crippen LogP) is 4.66. The van der Waals surface area contributed by atoms with E-state index in [1.807, 2.05) is 11.8 Å². The number of para-hydroxylation sites is 1. The molecule has 0 unspecified atom stereocenters. The van der Waals surface area contributed by atoms with Gasteiger partial charge < -0.3 is 5.32 Å². The number of rotatable bonds is 0. The second kappa shape index (κ2) is 3.58. The first-order chi connectivity index (χ1) is 7.33. The van der Waals surface area contributed by atoms with Crippen LogP contribution in [0.15, 0.2) is 56.7 Å². The molecule has 1 N–H and O–H groups in total. The van der Waals surface area contributed by atoms with Crippen LogP contribution in [0.1, 0.15) is 0 Å². The number of fused-ring (bicyclic) bond motifs is 2. The van der Waals surface area contributed by atoms with Crippen molar-refractivity contribution in [3.8, 4) is 0 Å². The van der Waals surface area contributed by atoms with Gasteiger partial charge in [-0.1, -0.05) is 39.8 Å². The first-order valence-corrected chi connectivity index (χ1v) is 6.27. The lowest BCUT2D eigenvalue weighted by atomic mass is 10.2. The Morgan fingerprint density at radius 1 is 0.933 bits per heavy atom. The number of nitrogens with one attached hydrogen (secondary N) is 1. The summed E-state index contributed by atoms with van der Waals surface area (Å²) in [5.41, 5.74) is 2.36. The van der Waals surface area contributed by atoms with Gasteiger partial charge in [-0.3, -0.25) is 0 Å². The van der Waals surface area contributed by atoms with E-state index in [-0.39, 0.29) is 0 Å². The molecular formula is C12H8BrNS. The van der Waals surface area contributed by atoms with Gasteiger partial charge in [-0.25, -0.2) is 0 Å². The number of benzene rings is 2. The molecule has 2 aromatic carbocycles. The Balaban J connectivity index is 2.11. The first-order valence-electron chi connectivity index (χ1n) is 4.66. The zero-order valence-electron chi connectivity index (χ0n) is 7.83. The van der Waals surface area contributed by atoms with E-state index in [1.165, 1.54) is 21.2 Å². The molecule has 0 saturated heterocycles. The van der Waals surface area contributed by atoms with Gasteiger partial charge in [-0.2, -0.15) is 0 Å². The highest BCUT2D eigenvalue weighted by atomic mass is 79.9. The van der Waals surface area contributed by atoms with Crippen molar-refractivity contribution in [1.29, 1.82) is 0 Å². The van der Waals surface area contributed by atoms with Crippen LogP contribution in [0.5, 0.6) is 0 Å². The summed E-state index contributed by atoms with van der Waals surface area (Å²) >= 11 is 5.29. The summed E-state index contributed by atoms with van der Waals surface area (Å²) < 4.78 is 1.11. The highest BCUT2D eigenvalue weighted by molar-refractivity contribution is 9.10. The maximum absolute atomic E-state index is 3.48. The van der Waals surface area contributed by atoms with Gasteiger partial charge in [-0.15, -0.1) is 0 Å². The molecule has 0 radical (unpaired) electrons. The van der Waals surface area contributed by atoms with Gasteiger partial charge in [0.2, 0.25) is 0 Å².